The van der Waals surface area contributed by atoms with Crippen LogP contribution in [0.4, 0.5) is 10.1 Å². The summed E-state index contributed by atoms with van der Waals surface area (Å²) >= 11 is 5.88. The molecular formula is C39H37ClFN7O3. The summed E-state index contributed by atoms with van der Waals surface area (Å²) in [7, 11) is 0. The summed E-state index contributed by atoms with van der Waals surface area (Å²) in [6.07, 6.45) is 4.17. The molecule has 3 aromatic heterocycles. The van der Waals surface area contributed by atoms with Gasteiger partial charge in [0.05, 0.1) is 47.1 Å². The molecule has 0 unspecified atom stereocenters. The minimum atomic E-state index is -0.404. The predicted octanol–water partition coefficient (Wildman–Crippen LogP) is 7.63. The summed E-state index contributed by atoms with van der Waals surface area (Å²) in [5.74, 6) is 0.784. The number of benzene rings is 3. The van der Waals surface area contributed by atoms with Gasteiger partial charge in [0.15, 0.2) is 0 Å². The van der Waals surface area contributed by atoms with E-state index < -0.39 is 5.82 Å². The van der Waals surface area contributed by atoms with Gasteiger partial charge in [-0.2, -0.15) is 5.10 Å². The van der Waals surface area contributed by atoms with Gasteiger partial charge >= 0.3 is 0 Å². The molecule has 0 saturated carbocycles. The van der Waals surface area contributed by atoms with E-state index in [-0.39, 0.29) is 18.6 Å². The average Bonchev–Trinajstić information content (AvgIpc) is 3.65. The third-order valence-corrected chi connectivity index (χ3v) is 9.92. The van der Waals surface area contributed by atoms with Crippen molar-refractivity contribution in [2.75, 3.05) is 25.0 Å². The van der Waals surface area contributed by atoms with E-state index in [9.17, 15) is 9.18 Å². The number of ether oxygens (including phenoxy) is 2. The van der Waals surface area contributed by atoms with Gasteiger partial charge < -0.3 is 19.4 Å². The zero-order chi connectivity index (χ0) is 35.1. The van der Waals surface area contributed by atoms with E-state index in [2.05, 4.69) is 31.1 Å². The van der Waals surface area contributed by atoms with Gasteiger partial charge in [0.1, 0.15) is 18.2 Å². The Morgan fingerprint density at radius 3 is 2.78 bits per heavy atom. The highest BCUT2D eigenvalue weighted by atomic mass is 35.5. The van der Waals surface area contributed by atoms with Crippen LogP contribution in [0.1, 0.15) is 51.5 Å². The van der Waals surface area contributed by atoms with Crippen LogP contribution < -0.4 is 10.1 Å². The first-order valence-electron chi connectivity index (χ1n) is 17.1. The monoisotopic (exact) mass is 705 g/mol. The van der Waals surface area contributed by atoms with Crippen LogP contribution in [-0.4, -0.2) is 61.3 Å². The lowest BCUT2D eigenvalue weighted by Gasteiger charge is -2.29. The van der Waals surface area contributed by atoms with Crippen molar-refractivity contribution in [3.8, 4) is 5.88 Å². The zero-order valence-corrected chi connectivity index (χ0v) is 29.1. The second-order valence-corrected chi connectivity index (χ2v) is 13.6. The molecule has 1 fully saturated rings. The number of hydrogen-bond acceptors (Lipinski definition) is 7. The first-order chi connectivity index (χ1) is 24.8. The highest BCUT2D eigenvalue weighted by Crippen LogP contribution is 2.28. The van der Waals surface area contributed by atoms with Crippen LogP contribution in [0.5, 0.6) is 5.88 Å². The molecule has 51 heavy (non-hydrogen) atoms. The Bertz CT molecular complexity index is 2310. The number of nitrogens with one attached hydrogen (secondary N) is 2. The molecule has 2 N–H and O–H groups in total. The Hall–Kier alpha value is -5.10. The molecule has 0 aliphatic carbocycles. The SMILES string of the molecule is Cc1n[nH]c2c(C)cc(NC(=O)c3ccc4c(c3)nc(CN3CC=C(c5cccc(OCc6ccc(Cl)cc6F)n5)CC3)n4C[C@@H]3CCO3)cc12. The van der Waals surface area contributed by atoms with Gasteiger partial charge in [-0.1, -0.05) is 29.8 Å². The maximum Gasteiger partial charge on any atom is 0.255 e. The number of halogens is 2. The fourth-order valence-electron chi connectivity index (χ4n) is 6.73. The van der Waals surface area contributed by atoms with Crippen molar-refractivity contribution in [3.05, 3.63) is 118 Å². The second-order valence-electron chi connectivity index (χ2n) is 13.2. The number of H-pyrrole nitrogens is 1. The first kappa shape index (κ1) is 33.1. The van der Waals surface area contributed by atoms with Crippen molar-refractivity contribution in [1.82, 2.24) is 29.6 Å². The number of imidazole rings is 1. The van der Waals surface area contributed by atoms with Crippen LogP contribution in [0.15, 0.2) is 72.8 Å². The molecule has 10 nitrogen and oxygen atoms in total. The normalized spacial score (nSPS) is 16.3. The van der Waals surface area contributed by atoms with Crippen molar-refractivity contribution in [2.24, 2.45) is 0 Å². The van der Waals surface area contributed by atoms with Crippen molar-refractivity contribution >= 4 is 50.7 Å². The summed E-state index contributed by atoms with van der Waals surface area (Å²) in [6.45, 7) is 7.71. The first-order valence-corrected chi connectivity index (χ1v) is 17.5. The van der Waals surface area contributed by atoms with Gasteiger partial charge in [0.2, 0.25) is 5.88 Å². The number of anilines is 1. The third kappa shape index (κ3) is 6.97. The number of nitrogens with zero attached hydrogens (tertiary/aromatic N) is 5. The molecule has 3 aromatic carbocycles. The highest BCUT2D eigenvalue weighted by molar-refractivity contribution is 6.30. The van der Waals surface area contributed by atoms with E-state index in [1.54, 1.807) is 18.2 Å². The smallest absolute Gasteiger partial charge is 0.255 e. The lowest BCUT2D eigenvalue weighted by atomic mass is 10.0. The van der Waals surface area contributed by atoms with Crippen molar-refractivity contribution in [2.45, 2.75) is 52.5 Å². The number of fused-ring (bicyclic) bond motifs is 2. The van der Waals surface area contributed by atoms with Crippen LogP contribution in [0, 0.1) is 19.7 Å². The van der Waals surface area contributed by atoms with E-state index in [0.29, 0.717) is 35.1 Å². The molecule has 2 aliphatic heterocycles. The number of hydrogen-bond donors (Lipinski definition) is 2. The number of pyridine rings is 1. The number of rotatable bonds is 10. The van der Waals surface area contributed by atoms with Gasteiger partial charge in [-0.3, -0.25) is 14.8 Å². The summed E-state index contributed by atoms with van der Waals surface area (Å²) in [5.41, 5.74) is 8.31. The fourth-order valence-corrected chi connectivity index (χ4v) is 6.88. The molecule has 0 bridgehead atoms. The fraction of sp³-hybridized carbons (Fsp3) is 0.282. The van der Waals surface area contributed by atoms with Crippen LogP contribution in [0.2, 0.25) is 5.02 Å². The quantitative estimate of drug-likeness (QED) is 0.151. The Labute approximate surface area is 299 Å². The van der Waals surface area contributed by atoms with Gasteiger partial charge in [-0.05, 0) is 86.4 Å². The van der Waals surface area contributed by atoms with E-state index in [4.69, 9.17) is 31.0 Å². The molecule has 0 radical (unpaired) electrons. The van der Waals surface area contributed by atoms with Crippen molar-refractivity contribution in [3.63, 3.8) is 0 Å². The molecule has 12 heteroatoms. The molecule has 5 heterocycles. The van der Waals surface area contributed by atoms with Gasteiger partial charge in [0, 0.05) is 53.0 Å². The molecule has 1 saturated heterocycles. The van der Waals surface area contributed by atoms with E-state index in [1.165, 1.54) is 6.07 Å². The number of aromatic amines is 1. The molecule has 1 amide bonds. The topological polar surface area (TPSA) is 110 Å². The van der Waals surface area contributed by atoms with E-state index >= 15 is 0 Å². The van der Waals surface area contributed by atoms with Gasteiger partial charge in [0.25, 0.3) is 5.91 Å². The highest BCUT2D eigenvalue weighted by Gasteiger charge is 2.24. The van der Waals surface area contributed by atoms with Crippen molar-refractivity contribution < 1.29 is 18.7 Å². The Morgan fingerprint density at radius 2 is 2.00 bits per heavy atom. The van der Waals surface area contributed by atoms with Gasteiger partial charge in [-0.15, -0.1) is 0 Å². The number of amides is 1. The minimum absolute atomic E-state index is 0.0625. The molecule has 6 aromatic rings. The molecule has 1 atom stereocenters. The van der Waals surface area contributed by atoms with E-state index in [1.807, 2.05) is 56.3 Å². The summed E-state index contributed by atoms with van der Waals surface area (Å²) in [4.78, 5) is 25.6. The Balaban J connectivity index is 0.971. The molecule has 260 valence electrons. The van der Waals surface area contributed by atoms with Crippen LogP contribution in [-0.2, 0) is 24.4 Å². The van der Waals surface area contributed by atoms with Crippen LogP contribution in [0.25, 0.3) is 27.5 Å². The van der Waals surface area contributed by atoms with Gasteiger partial charge in [-0.25, -0.2) is 14.4 Å². The van der Waals surface area contributed by atoms with Crippen LogP contribution in [0.3, 0.4) is 0 Å². The van der Waals surface area contributed by atoms with Crippen molar-refractivity contribution in [1.29, 1.82) is 0 Å². The largest absolute Gasteiger partial charge is 0.473 e. The maximum absolute atomic E-state index is 14.2. The second kappa shape index (κ2) is 13.9. The van der Waals surface area contributed by atoms with E-state index in [0.717, 1.165) is 88.5 Å². The summed E-state index contributed by atoms with van der Waals surface area (Å²) < 4.78 is 28.1. The standard InChI is InChI=1S/C39H37ClFN7O3/c1-23-16-29(19-31-24(2)45-46-38(23)31)42-39(49)26-7-9-35-34(17-26)43-36(48(35)20-30-12-15-50-30)21-47-13-10-25(11-14-47)33-4-3-5-37(44-33)51-22-27-6-8-28(40)18-32(27)41/h3-10,16-19,30H,11-15,20-22H2,1-2H3,(H,42,49)(H,45,46)/t30-/m0/s1. The minimum Gasteiger partial charge on any atom is -0.473 e. The number of aryl methyl sites for hydroxylation is 2. The molecule has 2 aliphatic rings. The van der Waals surface area contributed by atoms with Crippen LogP contribution >= 0.6 is 11.6 Å². The Kier molecular flexibility index (Phi) is 9.01. The third-order valence-electron chi connectivity index (χ3n) is 9.69. The predicted molar refractivity (Wildman–Crippen MR) is 195 cm³/mol. The lowest BCUT2D eigenvalue weighted by Crippen LogP contribution is -2.33. The number of carbonyl (C=O) groups is 1. The molecule has 0 spiro atoms. The lowest BCUT2D eigenvalue weighted by molar-refractivity contribution is -0.0591. The Morgan fingerprint density at radius 1 is 1.12 bits per heavy atom. The molecule has 8 rings (SSSR count). The average molecular weight is 706 g/mol. The molecular weight excluding hydrogens is 669 g/mol. The maximum atomic E-state index is 14.2. The number of carbonyl (C=O) groups excluding carboxylic acids is 1. The summed E-state index contributed by atoms with van der Waals surface area (Å²) in [5, 5.41) is 11.8. The zero-order valence-electron chi connectivity index (χ0n) is 28.4. The number of aromatic nitrogens is 5. The summed E-state index contributed by atoms with van der Waals surface area (Å²) in [6, 6.07) is 19.8.